The maximum atomic E-state index is 12.3. The minimum Gasteiger partial charge on any atom is -0.490 e. The van der Waals surface area contributed by atoms with Crippen molar-refractivity contribution in [3.05, 3.63) is 29.8 Å². The molecular weight excluding hydrogens is 292 g/mol. The molecule has 0 aliphatic heterocycles. The first-order chi connectivity index (χ1) is 11.0. The van der Waals surface area contributed by atoms with Gasteiger partial charge in [-0.1, -0.05) is 20.3 Å². The molecular formula is C18H26N2O3. The molecule has 126 valence electrons. The highest BCUT2D eigenvalue weighted by Gasteiger charge is 2.24. The zero-order chi connectivity index (χ0) is 16.8. The molecule has 1 aliphatic carbocycles. The van der Waals surface area contributed by atoms with Crippen LogP contribution < -0.4 is 15.8 Å². The van der Waals surface area contributed by atoms with Crippen molar-refractivity contribution in [2.24, 2.45) is 11.7 Å². The Hall–Kier alpha value is -2.04. The lowest BCUT2D eigenvalue weighted by atomic mass is 9.98. The van der Waals surface area contributed by atoms with Crippen molar-refractivity contribution in [3.8, 4) is 5.75 Å². The molecule has 0 radical (unpaired) electrons. The Bertz CT molecular complexity index is 536. The zero-order valence-corrected chi connectivity index (χ0v) is 13.9. The molecule has 1 aliphatic rings. The summed E-state index contributed by atoms with van der Waals surface area (Å²) < 4.78 is 5.88. The van der Waals surface area contributed by atoms with Crippen molar-refractivity contribution in [1.82, 2.24) is 5.32 Å². The smallest absolute Gasteiger partial charge is 0.251 e. The van der Waals surface area contributed by atoms with Gasteiger partial charge in [0.15, 0.2) is 0 Å². The first kappa shape index (κ1) is 17.3. The molecule has 1 fully saturated rings. The highest BCUT2D eigenvalue weighted by Crippen LogP contribution is 2.24. The molecule has 23 heavy (non-hydrogen) atoms. The topological polar surface area (TPSA) is 81.4 Å². The minimum atomic E-state index is -0.651. The Kier molecular flexibility index (Phi) is 6.02. The van der Waals surface area contributed by atoms with E-state index in [1.807, 2.05) is 13.8 Å². The van der Waals surface area contributed by atoms with Gasteiger partial charge in [0, 0.05) is 5.56 Å². The summed E-state index contributed by atoms with van der Waals surface area (Å²) >= 11 is 0. The van der Waals surface area contributed by atoms with Gasteiger partial charge in [-0.25, -0.2) is 0 Å². The lowest BCUT2D eigenvalue weighted by Gasteiger charge is -2.21. The molecule has 0 spiro atoms. The van der Waals surface area contributed by atoms with Crippen molar-refractivity contribution < 1.29 is 14.3 Å². The van der Waals surface area contributed by atoms with Crippen LogP contribution >= 0.6 is 0 Å². The lowest BCUT2D eigenvalue weighted by molar-refractivity contribution is -0.120. The second kappa shape index (κ2) is 7.99. The summed E-state index contributed by atoms with van der Waals surface area (Å²) in [5.41, 5.74) is 5.88. The van der Waals surface area contributed by atoms with E-state index in [4.69, 9.17) is 10.5 Å². The van der Waals surface area contributed by atoms with Gasteiger partial charge in [0.2, 0.25) is 5.91 Å². The molecule has 0 bridgehead atoms. The number of rotatable bonds is 7. The number of nitrogens with one attached hydrogen (secondary N) is 1. The second-order valence-electron chi connectivity index (χ2n) is 6.29. The lowest BCUT2D eigenvalue weighted by Crippen LogP contribution is -2.48. The predicted molar refractivity (Wildman–Crippen MR) is 89.2 cm³/mol. The highest BCUT2D eigenvalue weighted by atomic mass is 16.5. The summed E-state index contributed by atoms with van der Waals surface area (Å²) in [6.45, 7) is 3.86. The number of carbonyl (C=O) groups is 2. The van der Waals surface area contributed by atoms with Gasteiger partial charge in [0.05, 0.1) is 6.10 Å². The SMILES string of the molecule is CCC(C)C(NC(=O)c1ccc(OC2CCCC2)cc1)C(N)=O. The largest absolute Gasteiger partial charge is 0.490 e. The number of hydrogen-bond donors (Lipinski definition) is 2. The molecule has 1 saturated carbocycles. The van der Waals surface area contributed by atoms with Crippen molar-refractivity contribution in [3.63, 3.8) is 0 Å². The van der Waals surface area contributed by atoms with E-state index in [2.05, 4.69) is 5.32 Å². The van der Waals surface area contributed by atoms with E-state index in [9.17, 15) is 9.59 Å². The Morgan fingerprint density at radius 2 is 1.87 bits per heavy atom. The van der Waals surface area contributed by atoms with Crippen LogP contribution in [-0.4, -0.2) is 24.0 Å². The summed E-state index contributed by atoms with van der Waals surface area (Å²) in [6.07, 6.45) is 5.68. The Morgan fingerprint density at radius 3 is 2.39 bits per heavy atom. The summed E-state index contributed by atoms with van der Waals surface area (Å²) in [4.78, 5) is 23.8. The van der Waals surface area contributed by atoms with Crippen LogP contribution in [0.25, 0.3) is 0 Å². The number of nitrogens with two attached hydrogens (primary N) is 1. The van der Waals surface area contributed by atoms with Gasteiger partial charge in [0.1, 0.15) is 11.8 Å². The van der Waals surface area contributed by atoms with Crippen LogP contribution in [0.3, 0.4) is 0 Å². The molecule has 0 saturated heterocycles. The standard InChI is InChI=1S/C18H26N2O3/c1-3-12(2)16(17(19)21)20-18(22)13-8-10-15(11-9-13)23-14-6-4-5-7-14/h8-12,14,16H,3-7H2,1-2H3,(H2,19,21)(H,20,22). The number of carbonyl (C=O) groups excluding carboxylic acids is 2. The van der Waals surface area contributed by atoms with Gasteiger partial charge in [-0.3, -0.25) is 9.59 Å². The molecule has 5 nitrogen and oxygen atoms in total. The van der Waals surface area contributed by atoms with Crippen molar-refractivity contribution in [2.75, 3.05) is 0 Å². The van der Waals surface area contributed by atoms with Gasteiger partial charge in [0.25, 0.3) is 5.91 Å². The maximum absolute atomic E-state index is 12.3. The van der Waals surface area contributed by atoms with E-state index < -0.39 is 11.9 Å². The number of ether oxygens (including phenoxy) is 1. The van der Waals surface area contributed by atoms with Crippen molar-refractivity contribution in [1.29, 1.82) is 0 Å². The van der Waals surface area contributed by atoms with Crippen LogP contribution in [0.15, 0.2) is 24.3 Å². The van der Waals surface area contributed by atoms with Gasteiger partial charge >= 0.3 is 0 Å². The fraction of sp³-hybridized carbons (Fsp3) is 0.556. The van der Waals surface area contributed by atoms with Gasteiger partial charge in [-0.15, -0.1) is 0 Å². The van der Waals surface area contributed by atoms with Gasteiger partial charge in [-0.2, -0.15) is 0 Å². The Balaban J connectivity index is 1.97. The molecule has 1 aromatic rings. The summed E-state index contributed by atoms with van der Waals surface area (Å²) in [6, 6.07) is 6.38. The fourth-order valence-electron chi connectivity index (χ4n) is 2.84. The average molecular weight is 318 g/mol. The van der Waals surface area contributed by atoms with Gasteiger partial charge in [-0.05, 0) is 55.9 Å². The van der Waals surface area contributed by atoms with Crippen LogP contribution in [0.5, 0.6) is 5.75 Å². The number of hydrogen-bond acceptors (Lipinski definition) is 3. The van der Waals surface area contributed by atoms with Crippen LogP contribution in [0.4, 0.5) is 0 Å². The summed E-state index contributed by atoms with van der Waals surface area (Å²) in [5, 5.41) is 2.72. The number of benzene rings is 1. The van der Waals surface area contributed by atoms with Crippen LogP contribution in [0, 0.1) is 5.92 Å². The average Bonchev–Trinajstić information content (AvgIpc) is 3.05. The molecule has 0 aromatic heterocycles. The van der Waals surface area contributed by atoms with Crippen LogP contribution in [0.1, 0.15) is 56.3 Å². The zero-order valence-electron chi connectivity index (χ0n) is 13.9. The highest BCUT2D eigenvalue weighted by molar-refractivity contribution is 5.97. The predicted octanol–water partition coefficient (Wildman–Crippen LogP) is 2.64. The third kappa shape index (κ3) is 4.71. The van der Waals surface area contributed by atoms with E-state index in [0.29, 0.717) is 11.7 Å². The second-order valence-corrected chi connectivity index (χ2v) is 6.29. The third-order valence-electron chi connectivity index (χ3n) is 4.53. The number of primary amides is 1. The monoisotopic (exact) mass is 318 g/mol. The first-order valence-electron chi connectivity index (χ1n) is 8.38. The summed E-state index contributed by atoms with van der Waals surface area (Å²) in [7, 11) is 0. The fourth-order valence-corrected chi connectivity index (χ4v) is 2.84. The number of amides is 2. The maximum Gasteiger partial charge on any atom is 0.251 e. The van der Waals surface area contributed by atoms with Crippen LogP contribution in [0.2, 0.25) is 0 Å². The van der Waals surface area contributed by atoms with Crippen molar-refractivity contribution >= 4 is 11.8 Å². The molecule has 2 unspecified atom stereocenters. The molecule has 2 amide bonds. The normalized spacial score (nSPS) is 17.5. The van der Waals surface area contributed by atoms with E-state index >= 15 is 0 Å². The molecule has 2 rings (SSSR count). The molecule has 2 atom stereocenters. The quantitative estimate of drug-likeness (QED) is 0.811. The Morgan fingerprint density at radius 1 is 1.26 bits per heavy atom. The van der Waals surface area contributed by atoms with Crippen molar-refractivity contribution in [2.45, 2.75) is 58.1 Å². The summed E-state index contributed by atoms with van der Waals surface area (Å²) in [5.74, 6) is -0.0151. The molecule has 0 heterocycles. The van der Waals surface area contributed by atoms with E-state index in [1.165, 1.54) is 12.8 Å². The molecule has 3 N–H and O–H groups in total. The van der Waals surface area contributed by atoms with Crippen LogP contribution in [-0.2, 0) is 4.79 Å². The van der Waals surface area contributed by atoms with E-state index in [-0.39, 0.29) is 11.8 Å². The first-order valence-corrected chi connectivity index (χ1v) is 8.38. The third-order valence-corrected chi connectivity index (χ3v) is 4.53. The minimum absolute atomic E-state index is 0.00132. The van der Waals surface area contributed by atoms with E-state index in [0.717, 1.165) is 25.0 Å². The van der Waals surface area contributed by atoms with E-state index in [1.54, 1.807) is 24.3 Å². The molecule has 1 aromatic carbocycles. The van der Waals surface area contributed by atoms with Gasteiger partial charge < -0.3 is 15.8 Å². The Labute approximate surface area is 137 Å². The molecule has 5 heteroatoms.